The molecule has 2 heterocycles. The van der Waals surface area contributed by atoms with Gasteiger partial charge in [-0.2, -0.15) is 0 Å². The number of thioether (sulfide) groups is 1. The number of hydrogen-bond acceptors (Lipinski definition) is 5. The van der Waals surface area contributed by atoms with E-state index in [2.05, 4.69) is 20.9 Å². The lowest BCUT2D eigenvalue weighted by molar-refractivity contribution is -0.123. The Morgan fingerprint density at radius 1 is 1.19 bits per heavy atom. The largest absolute Gasteiger partial charge is 0.322 e. The Morgan fingerprint density at radius 2 is 1.94 bits per heavy atom. The lowest BCUT2D eigenvalue weighted by Gasteiger charge is -2.21. The summed E-state index contributed by atoms with van der Waals surface area (Å²) in [5, 5.41) is 8.18. The number of nitrogens with one attached hydrogen (secondary N) is 3. The minimum atomic E-state index is -1.24. The van der Waals surface area contributed by atoms with Gasteiger partial charge in [0.05, 0.1) is 6.20 Å². The Morgan fingerprint density at radius 3 is 2.58 bits per heavy atom. The third-order valence-electron chi connectivity index (χ3n) is 4.97. The molecule has 3 N–H and O–H groups in total. The van der Waals surface area contributed by atoms with Gasteiger partial charge in [0.15, 0.2) is 5.16 Å². The van der Waals surface area contributed by atoms with Crippen LogP contribution in [0.15, 0.2) is 59.9 Å². The van der Waals surface area contributed by atoms with Gasteiger partial charge >= 0.3 is 6.03 Å². The summed E-state index contributed by atoms with van der Waals surface area (Å²) in [7, 11) is 0. The van der Waals surface area contributed by atoms with Crippen molar-refractivity contribution in [3.8, 4) is 5.69 Å². The van der Waals surface area contributed by atoms with Gasteiger partial charge in [0.25, 0.3) is 11.8 Å². The summed E-state index contributed by atoms with van der Waals surface area (Å²) in [4.78, 5) is 41.1. The fourth-order valence-corrected chi connectivity index (χ4v) is 3.87. The average molecular weight is 439 g/mol. The number of nitrogens with zero attached hydrogens (tertiary/aromatic N) is 2. The molecule has 0 spiro atoms. The Hall–Kier alpha value is -3.66. The van der Waals surface area contributed by atoms with Crippen molar-refractivity contribution < 1.29 is 18.8 Å². The molecule has 0 saturated carbocycles. The van der Waals surface area contributed by atoms with Crippen molar-refractivity contribution in [2.24, 2.45) is 0 Å². The van der Waals surface area contributed by atoms with E-state index in [0.717, 1.165) is 0 Å². The number of carbonyl (C=O) groups is 3. The van der Waals surface area contributed by atoms with Crippen molar-refractivity contribution in [2.75, 3.05) is 11.6 Å². The third-order valence-corrected chi connectivity index (χ3v) is 5.63. The summed E-state index contributed by atoms with van der Waals surface area (Å²) < 4.78 is 15.0. The van der Waals surface area contributed by atoms with Crippen LogP contribution in [0.3, 0.4) is 0 Å². The summed E-state index contributed by atoms with van der Waals surface area (Å²) >= 11 is 1.35. The van der Waals surface area contributed by atoms with Gasteiger partial charge in [0.2, 0.25) is 0 Å². The number of benzene rings is 2. The van der Waals surface area contributed by atoms with E-state index in [1.165, 1.54) is 30.1 Å². The molecule has 1 aliphatic heterocycles. The van der Waals surface area contributed by atoms with Crippen LogP contribution >= 0.6 is 11.8 Å². The lowest BCUT2D eigenvalue weighted by Crippen LogP contribution is -2.40. The van der Waals surface area contributed by atoms with E-state index >= 15 is 0 Å². The molecule has 1 fully saturated rings. The second-order valence-electron chi connectivity index (χ2n) is 7.01. The maximum Gasteiger partial charge on any atom is 0.322 e. The molecule has 0 aliphatic carbocycles. The van der Waals surface area contributed by atoms with Crippen LogP contribution in [-0.2, 0) is 10.3 Å². The van der Waals surface area contributed by atoms with Crippen molar-refractivity contribution in [3.63, 3.8) is 0 Å². The summed E-state index contributed by atoms with van der Waals surface area (Å²) in [6.45, 7) is 1.59. The van der Waals surface area contributed by atoms with E-state index < -0.39 is 23.4 Å². The van der Waals surface area contributed by atoms with E-state index in [1.54, 1.807) is 47.9 Å². The molecule has 158 valence electrons. The third kappa shape index (κ3) is 3.77. The van der Waals surface area contributed by atoms with Crippen LogP contribution in [0.1, 0.15) is 23.0 Å². The SMILES string of the molecule is CSc1ncc(C(=O)Nc2cccc(C3(C)NC(=O)NC3=O)c2)n1-c1ccc(F)cc1. The molecule has 0 bridgehead atoms. The van der Waals surface area contributed by atoms with Crippen LogP contribution in [0.25, 0.3) is 5.69 Å². The Labute approximate surface area is 181 Å². The van der Waals surface area contributed by atoms with E-state index in [1.807, 2.05) is 6.26 Å². The molecule has 4 rings (SSSR count). The number of urea groups is 1. The molecule has 1 aliphatic rings. The summed E-state index contributed by atoms with van der Waals surface area (Å²) in [6.07, 6.45) is 3.27. The highest BCUT2D eigenvalue weighted by molar-refractivity contribution is 7.98. The Bertz CT molecular complexity index is 1190. The number of aromatic nitrogens is 2. The maximum absolute atomic E-state index is 13.3. The minimum Gasteiger partial charge on any atom is -0.321 e. The molecule has 31 heavy (non-hydrogen) atoms. The summed E-state index contributed by atoms with van der Waals surface area (Å²) in [5.74, 6) is -1.28. The number of rotatable bonds is 5. The molecule has 1 atom stereocenters. The highest BCUT2D eigenvalue weighted by Crippen LogP contribution is 2.27. The predicted molar refractivity (Wildman–Crippen MR) is 114 cm³/mol. The van der Waals surface area contributed by atoms with Crippen molar-refractivity contribution in [1.29, 1.82) is 0 Å². The zero-order valence-electron chi connectivity index (χ0n) is 16.6. The van der Waals surface area contributed by atoms with Gasteiger partial charge < -0.3 is 10.6 Å². The molecule has 1 aromatic heterocycles. The van der Waals surface area contributed by atoms with Crippen molar-refractivity contribution >= 4 is 35.3 Å². The standard InChI is InChI=1S/C21H18FN5O3S/c1-21(18(29)25-19(30)26-21)12-4-3-5-14(10-12)24-17(28)16-11-23-20(31-2)27(16)15-8-6-13(22)7-9-15/h3-11H,1-2H3,(H,24,28)(H2,25,26,29,30). The molecule has 2 aromatic carbocycles. The van der Waals surface area contributed by atoms with Crippen LogP contribution in [-0.4, -0.2) is 33.7 Å². The van der Waals surface area contributed by atoms with Crippen molar-refractivity contribution in [2.45, 2.75) is 17.6 Å². The van der Waals surface area contributed by atoms with Crippen LogP contribution < -0.4 is 16.0 Å². The summed E-state index contributed by atoms with van der Waals surface area (Å²) in [5.41, 5.74) is 0.583. The highest BCUT2D eigenvalue weighted by atomic mass is 32.2. The van der Waals surface area contributed by atoms with Gasteiger partial charge in [0.1, 0.15) is 17.1 Å². The molecule has 8 nitrogen and oxygen atoms in total. The first-order valence-corrected chi connectivity index (χ1v) is 10.5. The molecule has 10 heteroatoms. The molecular weight excluding hydrogens is 421 g/mol. The second-order valence-corrected chi connectivity index (χ2v) is 7.78. The van der Waals surface area contributed by atoms with E-state index in [-0.39, 0.29) is 11.5 Å². The predicted octanol–water partition coefficient (Wildman–Crippen LogP) is 3.04. The fraction of sp³-hybridized carbons (Fsp3) is 0.143. The fourth-order valence-electron chi connectivity index (χ4n) is 3.33. The van der Waals surface area contributed by atoms with Crippen LogP contribution in [0.2, 0.25) is 0 Å². The number of halogens is 1. The maximum atomic E-state index is 13.3. The zero-order valence-corrected chi connectivity index (χ0v) is 17.4. The molecule has 1 unspecified atom stereocenters. The van der Waals surface area contributed by atoms with Gasteiger partial charge in [-0.05, 0) is 55.1 Å². The molecule has 4 amide bonds. The topological polar surface area (TPSA) is 105 Å². The molecule has 3 aromatic rings. The molecular formula is C21H18FN5O3S. The van der Waals surface area contributed by atoms with Gasteiger partial charge in [-0.1, -0.05) is 23.9 Å². The van der Waals surface area contributed by atoms with Crippen molar-refractivity contribution in [3.05, 3.63) is 71.8 Å². The molecule has 0 radical (unpaired) electrons. The zero-order chi connectivity index (χ0) is 22.2. The van der Waals surface area contributed by atoms with Gasteiger partial charge in [-0.15, -0.1) is 0 Å². The highest BCUT2D eigenvalue weighted by Gasteiger charge is 2.43. The first-order chi connectivity index (χ1) is 14.8. The Kier molecular flexibility index (Phi) is 5.24. The summed E-state index contributed by atoms with van der Waals surface area (Å²) in [6, 6.07) is 11.8. The van der Waals surface area contributed by atoms with E-state index in [4.69, 9.17) is 0 Å². The monoisotopic (exact) mass is 439 g/mol. The van der Waals surface area contributed by atoms with E-state index in [9.17, 15) is 18.8 Å². The first-order valence-electron chi connectivity index (χ1n) is 9.25. The number of anilines is 1. The normalized spacial score (nSPS) is 17.9. The smallest absolute Gasteiger partial charge is 0.321 e. The minimum absolute atomic E-state index is 0.263. The van der Waals surface area contributed by atoms with Gasteiger partial charge in [0, 0.05) is 11.4 Å². The molecule has 1 saturated heterocycles. The van der Waals surface area contributed by atoms with E-state index in [0.29, 0.717) is 22.1 Å². The van der Waals surface area contributed by atoms with Gasteiger partial charge in [-0.25, -0.2) is 14.2 Å². The number of imidazole rings is 1. The van der Waals surface area contributed by atoms with Crippen LogP contribution in [0.4, 0.5) is 14.9 Å². The Balaban J connectivity index is 1.64. The number of hydrogen-bond donors (Lipinski definition) is 3. The van der Waals surface area contributed by atoms with Crippen molar-refractivity contribution in [1.82, 2.24) is 20.2 Å². The second kappa shape index (κ2) is 7.88. The number of carbonyl (C=O) groups excluding carboxylic acids is 3. The lowest BCUT2D eigenvalue weighted by atomic mass is 9.92. The van der Waals surface area contributed by atoms with Crippen LogP contribution in [0.5, 0.6) is 0 Å². The van der Waals surface area contributed by atoms with Gasteiger partial charge in [-0.3, -0.25) is 19.5 Å². The quantitative estimate of drug-likeness (QED) is 0.419. The number of imide groups is 1. The number of amides is 4. The average Bonchev–Trinajstić information content (AvgIpc) is 3.29. The van der Waals surface area contributed by atoms with Crippen LogP contribution in [0, 0.1) is 5.82 Å². The first kappa shape index (κ1) is 20.6.